The van der Waals surface area contributed by atoms with E-state index < -0.39 is 11.9 Å². The van der Waals surface area contributed by atoms with Crippen LogP contribution in [0.1, 0.15) is 31.8 Å². The Morgan fingerprint density at radius 1 is 0.531 bits per heavy atom. The Hall–Kier alpha value is -4.18. The second-order valence-corrected chi connectivity index (χ2v) is 7.46. The van der Waals surface area contributed by atoms with E-state index in [1.807, 2.05) is 74.5 Å². The number of benzene rings is 4. The van der Waals surface area contributed by atoms with Crippen LogP contribution in [-0.2, 0) is 0 Å². The molecule has 4 heteroatoms. The van der Waals surface area contributed by atoms with Gasteiger partial charge in [-0.2, -0.15) is 0 Å². The van der Waals surface area contributed by atoms with Crippen molar-refractivity contribution in [3.63, 3.8) is 0 Å². The van der Waals surface area contributed by atoms with Crippen LogP contribution in [0.15, 0.2) is 97.1 Å². The summed E-state index contributed by atoms with van der Waals surface area (Å²) in [6.07, 6.45) is 0. The smallest absolute Gasteiger partial charge is 0.343 e. The van der Waals surface area contributed by atoms with Crippen LogP contribution in [0.25, 0.3) is 11.1 Å². The minimum atomic E-state index is -0.401. The largest absolute Gasteiger partial charge is 0.423 e. The zero-order chi connectivity index (χ0) is 22.5. The molecule has 0 aliphatic rings. The lowest BCUT2D eigenvalue weighted by atomic mass is 9.94. The molecule has 0 amide bonds. The molecular weight excluding hydrogens is 400 g/mol. The standard InChI is InChI=1S/C28H22O4/c1-19-17-21(27(29)31-23-9-5-3-6-10-23)13-15-25(19)26-16-14-22(18-20(26)2)28(30)32-24-11-7-4-8-12-24/h3-18H,1-2H3. The zero-order valence-electron chi connectivity index (χ0n) is 17.9. The summed E-state index contributed by atoms with van der Waals surface area (Å²) in [5, 5.41) is 0. The predicted octanol–water partition coefficient (Wildman–Crippen LogP) is 6.41. The minimum absolute atomic E-state index is 0.401. The average molecular weight is 422 g/mol. The molecule has 32 heavy (non-hydrogen) atoms. The number of para-hydroxylation sites is 2. The molecule has 4 aromatic rings. The van der Waals surface area contributed by atoms with Gasteiger partial charge in [0.1, 0.15) is 11.5 Å². The van der Waals surface area contributed by atoms with Crippen molar-refractivity contribution in [2.45, 2.75) is 13.8 Å². The van der Waals surface area contributed by atoms with Crippen LogP contribution in [0.4, 0.5) is 0 Å². The number of aryl methyl sites for hydroxylation is 2. The van der Waals surface area contributed by atoms with Crippen molar-refractivity contribution in [2.24, 2.45) is 0 Å². The number of esters is 2. The van der Waals surface area contributed by atoms with Gasteiger partial charge in [0.05, 0.1) is 11.1 Å². The summed E-state index contributed by atoms with van der Waals surface area (Å²) in [6.45, 7) is 3.90. The number of hydrogen-bond donors (Lipinski definition) is 0. The highest BCUT2D eigenvalue weighted by molar-refractivity contribution is 5.93. The van der Waals surface area contributed by atoms with Crippen LogP contribution in [0, 0.1) is 13.8 Å². The zero-order valence-corrected chi connectivity index (χ0v) is 17.9. The second kappa shape index (κ2) is 9.31. The molecule has 158 valence electrons. The molecule has 0 aromatic heterocycles. The molecule has 0 atom stereocenters. The SMILES string of the molecule is Cc1cc(C(=O)Oc2ccccc2)ccc1-c1ccc(C(=O)Oc2ccccc2)cc1C. The summed E-state index contributed by atoms with van der Waals surface area (Å²) >= 11 is 0. The molecule has 0 aliphatic carbocycles. The second-order valence-electron chi connectivity index (χ2n) is 7.46. The van der Waals surface area contributed by atoms with Crippen LogP contribution < -0.4 is 9.47 Å². The highest BCUT2D eigenvalue weighted by Crippen LogP contribution is 2.29. The Kier molecular flexibility index (Phi) is 6.13. The van der Waals surface area contributed by atoms with E-state index >= 15 is 0 Å². The summed E-state index contributed by atoms with van der Waals surface area (Å²) in [7, 11) is 0. The van der Waals surface area contributed by atoms with Crippen molar-refractivity contribution in [1.82, 2.24) is 0 Å². The first-order valence-corrected chi connectivity index (χ1v) is 10.3. The summed E-state index contributed by atoms with van der Waals surface area (Å²) < 4.78 is 10.9. The Balaban J connectivity index is 1.53. The molecule has 0 saturated carbocycles. The van der Waals surface area contributed by atoms with Gasteiger partial charge in [-0.05, 0) is 84.6 Å². The summed E-state index contributed by atoms with van der Waals surface area (Å²) in [6, 6.07) is 28.9. The fourth-order valence-corrected chi connectivity index (χ4v) is 3.49. The molecule has 0 fully saturated rings. The Morgan fingerprint density at radius 3 is 1.25 bits per heavy atom. The van der Waals surface area contributed by atoms with E-state index in [4.69, 9.17) is 9.47 Å². The van der Waals surface area contributed by atoms with Crippen LogP contribution >= 0.6 is 0 Å². The van der Waals surface area contributed by atoms with E-state index in [1.54, 1.807) is 36.4 Å². The summed E-state index contributed by atoms with van der Waals surface area (Å²) in [4.78, 5) is 25.0. The maximum Gasteiger partial charge on any atom is 0.343 e. The van der Waals surface area contributed by atoms with Gasteiger partial charge < -0.3 is 9.47 Å². The van der Waals surface area contributed by atoms with Gasteiger partial charge in [0.25, 0.3) is 0 Å². The van der Waals surface area contributed by atoms with E-state index in [1.165, 1.54) is 0 Å². The van der Waals surface area contributed by atoms with Gasteiger partial charge in [0, 0.05) is 0 Å². The van der Waals surface area contributed by atoms with E-state index in [9.17, 15) is 9.59 Å². The van der Waals surface area contributed by atoms with E-state index in [0.717, 1.165) is 22.3 Å². The number of hydrogen-bond acceptors (Lipinski definition) is 4. The topological polar surface area (TPSA) is 52.6 Å². The maximum absolute atomic E-state index is 12.5. The third-order valence-electron chi connectivity index (χ3n) is 5.12. The lowest BCUT2D eigenvalue weighted by Crippen LogP contribution is -2.09. The lowest BCUT2D eigenvalue weighted by Gasteiger charge is -2.13. The van der Waals surface area contributed by atoms with E-state index in [-0.39, 0.29) is 0 Å². The third-order valence-corrected chi connectivity index (χ3v) is 5.12. The van der Waals surface area contributed by atoms with Crippen molar-refractivity contribution >= 4 is 11.9 Å². The van der Waals surface area contributed by atoms with Gasteiger partial charge in [-0.1, -0.05) is 48.5 Å². The Morgan fingerprint density at radius 2 is 0.906 bits per heavy atom. The van der Waals surface area contributed by atoms with Crippen molar-refractivity contribution < 1.29 is 19.1 Å². The van der Waals surface area contributed by atoms with Gasteiger partial charge in [0.15, 0.2) is 0 Å². The van der Waals surface area contributed by atoms with Gasteiger partial charge in [-0.3, -0.25) is 0 Å². The van der Waals surface area contributed by atoms with Crippen LogP contribution in [-0.4, -0.2) is 11.9 Å². The minimum Gasteiger partial charge on any atom is -0.423 e. The molecular formula is C28H22O4. The molecule has 0 radical (unpaired) electrons. The van der Waals surface area contributed by atoms with Gasteiger partial charge in [0.2, 0.25) is 0 Å². The van der Waals surface area contributed by atoms with Crippen LogP contribution in [0.2, 0.25) is 0 Å². The molecule has 0 N–H and O–H groups in total. The molecule has 0 heterocycles. The molecule has 4 rings (SSSR count). The molecule has 0 unspecified atom stereocenters. The highest BCUT2D eigenvalue weighted by atomic mass is 16.5. The molecule has 4 nitrogen and oxygen atoms in total. The molecule has 4 aromatic carbocycles. The van der Waals surface area contributed by atoms with Crippen LogP contribution in [0.5, 0.6) is 11.5 Å². The average Bonchev–Trinajstić information content (AvgIpc) is 2.80. The quantitative estimate of drug-likeness (QED) is 0.275. The predicted molar refractivity (Wildman–Crippen MR) is 124 cm³/mol. The maximum atomic E-state index is 12.5. The first-order valence-electron chi connectivity index (χ1n) is 10.3. The molecule has 0 spiro atoms. The molecule has 0 saturated heterocycles. The van der Waals surface area contributed by atoms with E-state index in [2.05, 4.69) is 0 Å². The molecule has 0 bridgehead atoms. The van der Waals surface area contributed by atoms with Crippen LogP contribution in [0.3, 0.4) is 0 Å². The van der Waals surface area contributed by atoms with Crippen molar-refractivity contribution in [3.8, 4) is 22.6 Å². The Labute approximate surface area is 187 Å². The Bertz CT molecular complexity index is 1160. The number of carbonyl (C=O) groups is 2. The van der Waals surface area contributed by atoms with Gasteiger partial charge in [-0.25, -0.2) is 9.59 Å². The lowest BCUT2D eigenvalue weighted by molar-refractivity contribution is 0.0725. The first-order chi connectivity index (χ1) is 15.5. The van der Waals surface area contributed by atoms with Crippen molar-refractivity contribution in [3.05, 3.63) is 119 Å². The first kappa shape index (κ1) is 21.1. The molecule has 0 aliphatic heterocycles. The number of carbonyl (C=O) groups excluding carboxylic acids is 2. The summed E-state index contributed by atoms with van der Waals surface area (Å²) in [5.74, 6) is 0.212. The fourth-order valence-electron chi connectivity index (χ4n) is 3.49. The fraction of sp³-hybridized carbons (Fsp3) is 0.0714. The normalized spacial score (nSPS) is 10.4. The van der Waals surface area contributed by atoms with Crippen molar-refractivity contribution in [1.29, 1.82) is 0 Å². The third kappa shape index (κ3) is 4.76. The number of rotatable bonds is 5. The van der Waals surface area contributed by atoms with E-state index in [0.29, 0.717) is 22.6 Å². The monoisotopic (exact) mass is 422 g/mol. The number of ether oxygens (including phenoxy) is 2. The highest BCUT2D eigenvalue weighted by Gasteiger charge is 2.14. The van der Waals surface area contributed by atoms with Crippen molar-refractivity contribution in [2.75, 3.05) is 0 Å². The van der Waals surface area contributed by atoms with Gasteiger partial charge in [-0.15, -0.1) is 0 Å². The summed E-state index contributed by atoms with van der Waals surface area (Å²) in [5.41, 5.74) is 4.82. The van der Waals surface area contributed by atoms with Gasteiger partial charge >= 0.3 is 11.9 Å².